The molecule has 5 aromatic rings. The quantitative estimate of drug-likeness (QED) is 0.420. The summed E-state index contributed by atoms with van der Waals surface area (Å²) in [6.45, 7) is 2.43. The summed E-state index contributed by atoms with van der Waals surface area (Å²) in [6, 6.07) is 19.9. The molecule has 5 rings (SSSR count). The van der Waals surface area contributed by atoms with Gasteiger partial charge >= 0.3 is 0 Å². The molecule has 0 aliphatic rings. The van der Waals surface area contributed by atoms with Gasteiger partial charge in [-0.3, -0.25) is 4.79 Å². The van der Waals surface area contributed by atoms with Crippen molar-refractivity contribution in [2.45, 2.75) is 13.5 Å². The lowest BCUT2D eigenvalue weighted by Gasteiger charge is -2.11. The molecule has 2 aromatic carbocycles. The first kappa shape index (κ1) is 18.3. The number of fused-ring (bicyclic) bond motifs is 1. The van der Waals surface area contributed by atoms with Crippen molar-refractivity contribution in [3.63, 3.8) is 0 Å². The number of carbonyl (C=O) groups is 1. The molecular weight excluding hydrogens is 396 g/mol. The largest absolute Gasteiger partial charge is 0.462 e. The number of nitrogens with zero attached hydrogens (tertiary/aromatic N) is 3. The molecule has 0 saturated heterocycles. The standard InChI is InChI=1S/C23H18N4O2S/c1-15-21(26-23(30-15)19-10-5-13-29-19)22(28)25-20-11-12-24-27(20)14-17-8-4-7-16-6-2-3-9-18(16)17/h2-13H,14H2,1H3,(H,25,28). The first-order valence-electron chi connectivity index (χ1n) is 9.50. The monoisotopic (exact) mass is 414 g/mol. The SMILES string of the molecule is Cc1sc(-c2ccco2)nc1C(=O)Nc1ccnn1Cc1cccc2ccccc12. The number of rotatable bonds is 5. The Morgan fingerprint density at radius 3 is 2.83 bits per heavy atom. The van der Waals surface area contributed by atoms with Crippen molar-refractivity contribution in [1.29, 1.82) is 0 Å². The van der Waals surface area contributed by atoms with E-state index in [-0.39, 0.29) is 5.91 Å². The van der Waals surface area contributed by atoms with Crippen LogP contribution in [0.4, 0.5) is 5.82 Å². The molecule has 1 amide bonds. The van der Waals surface area contributed by atoms with Crippen LogP contribution in [-0.2, 0) is 6.54 Å². The van der Waals surface area contributed by atoms with E-state index in [1.165, 1.54) is 22.1 Å². The molecule has 0 aliphatic carbocycles. The van der Waals surface area contributed by atoms with Crippen LogP contribution >= 0.6 is 11.3 Å². The summed E-state index contributed by atoms with van der Waals surface area (Å²) in [5.41, 5.74) is 1.53. The van der Waals surface area contributed by atoms with Crippen LogP contribution in [0.2, 0.25) is 0 Å². The van der Waals surface area contributed by atoms with Gasteiger partial charge in [0.15, 0.2) is 10.8 Å². The summed E-state index contributed by atoms with van der Waals surface area (Å²) in [4.78, 5) is 18.2. The number of amides is 1. The van der Waals surface area contributed by atoms with Crippen molar-refractivity contribution in [3.8, 4) is 10.8 Å². The zero-order chi connectivity index (χ0) is 20.5. The minimum Gasteiger partial charge on any atom is -0.462 e. The number of carbonyl (C=O) groups excluding carboxylic acids is 1. The Labute approximate surface area is 176 Å². The maximum Gasteiger partial charge on any atom is 0.276 e. The highest BCUT2D eigenvalue weighted by Crippen LogP contribution is 2.28. The Balaban J connectivity index is 1.40. The lowest BCUT2D eigenvalue weighted by atomic mass is 10.0. The number of nitrogens with one attached hydrogen (secondary N) is 1. The number of thiazole rings is 1. The zero-order valence-corrected chi connectivity index (χ0v) is 17.0. The molecule has 3 heterocycles. The topological polar surface area (TPSA) is 73.0 Å². The third-order valence-electron chi connectivity index (χ3n) is 4.90. The first-order valence-corrected chi connectivity index (χ1v) is 10.3. The molecule has 7 heteroatoms. The highest BCUT2D eigenvalue weighted by molar-refractivity contribution is 7.15. The van der Waals surface area contributed by atoms with E-state index in [4.69, 9.17) is 4.42 Å². The fourth-order valence-electron chi connectivity index (χ4n) is 3.44. The van der Waals surface area contributed by atoms with Crippen LogP contribution in [0, 0.1) is 6.92 Å². The maximum absolute atomic E-state index is 12.9. The second-order valence-electron chi connectivity index (χ2n) is 6.87. The van der Waals surface area contributed by atoms with E-state index in [2.05, 4.69) is 39.7 Å². The molecule has 0 bridgehead atoms. The average Bonchev–Trinajstić information content (AvgIpc) is 3.50. The number of hydrogen-bond donors (Lipinski definition) is 1. The summed E-state index contributed by atoms with van der Waals surface area (Å²) in [5, 5.41) is 10.4. The van der Waals surface area contributed by atoms with Gasteiger partial charge in [-0.2, -0.15) is 5.10 Å². The van der Waals surface area contributed by atoms with E-state index < -0.39 is 0 Å². The van der Waals surface area contributed by atoms with E-state index in [0.717, 1.165) is 10.4 Å². The molecule has 3 aromatic heterocycles. The Bertz CT molecular complexity index is 1330. The Morgan fingerprint density at radius 1 is 1.10 bits per heavy atom. The first-order chi connectivity index (χ1) is 14.7. The lowest BCUT2D eigenvalue weighted by molar-refractivity contribution is 0.102. The number of benzene rings is 2. The maximum atomic E-state index is 12.9. The normalized spacial score (nSPS) is 11.1. The zero-order valence-electron chi connectivity index (χ0n) is 16.2. The molecule has 6 nitrogen and oxygen atoms in total. The van der Waals surface area contributed by atoms with Crippen LogP contribution in [0.25, 0.3) is 21.5 Å². The lowest BCUT2D eigenvalue weighted by Crippen LogP contribution is -2.17. The van der Waals surface area contributed by atoms with E-state index in [0.29, 0.717) is 28.8 Å². The van der Waals surface area contributed by atoms with Crippen LogP contribution in [0.15, 0.2) is 77.5 Å². The summed E-state index contributed by atoms with van der Waals surface area (Å²) >= 11 is 1.43. The van der Waals surface area contributed by atoms with Gasteiger partial charge in [-0.05, 0) is 35.4 Å². The van der Waals surface area contributed by atoms with E-state index in [9.17, 15) is 4.79 Å². The van der Waals surface area contributed by atoms with Crippen LogP contribution < -0.4 is 5.32 Å². The van der Waals surface area contributed by atoms with Crippen molar-refractivity contribution in [3.05, 3.63) is 89.3 Å². The van der Waals surface area contributed by atoms with Crippen molar-refractivity contribution < 1.29 is 9.21 Å². The molecule has 1 N–H and O–H groups in total. The van der Waals surface area contributed by atoms with Gasteiger partial charge in [0.05, 0.1) is 19.0 Å². The Morgan fingerprint density at radius 2 is 1.97 bits per heavy atom. The smallest absolute Gasteiger partial charge is 0.276 e. The molecular formula is C23H18N4O2S. The van der Waals surface area contributed by atoms with E-state index in [1.807, 2.05) is 31.2 Å². The number of furan rings is 1. The Hall–Kier alpha value is -3.71. The van der Waals surface area contributed by atoms with Gasteiger partial charge < -0.3 is 9.73 Å². The summed E-state index contributed by atoms with van der Waals surface area (Å²) < 4.78 is 7.18. The van der Waals surface area contributed by atoms with Gasteiger partial charge in [0.25, 0.3) is 5.91 Å². The minimum absolute atomic E-state index is 0.263. The van der Waals surface area contributed by atoms with Gasteiger partial charge in [0, 0.05) is 10.9 Å². The molecule has 148 valence electrons. The van der Waals surface area contributed by atoms with Crippen LogP contribution in [-0.4, -0.2) is 20.7 Å². The van der Waals surface area contributed by atoms with Gasteiger partial charge in [-0.15, -0.1) is 11.3 Å². The predicted octanol–water partition coefficient (Wildman–Crippen LogP) is 5.36. The fourth-order valence-corrected chi connectivity index (χ4v) is 4.32. The molecule has 0 radical (unpaired) electrons. The van der Waals surface area contributed by atoms with Gasteiger partial charge in [-0.25, -0.2) is 9.67 Å². The van der Waals surface area contributed by atoms with Crippen molar-refractivity contribution in [2.24, 2.45) is 0 Å². The molecule has 0 spiro atoms. The van der Waals surface area contributed by atoms with Crippen molar-refractivity contribution >= 4 is 33.8 Å². The highest BCUT2D eigenvalue weighted by atomic mass is 32.1. The fraction of sp³-hybridized carbons (Fsp3) is 0.0870. The third kappa shape index (κ3) is 3.40. The molecule has 0 unspecified atom stereocenters. The molecule has 0 atom stereocenters. The number of aromatic nitrogens is 3. The van der Waals surface area contributed by atoms with E-state index in [1.54, 1.807) is 29.3 Å². The summed E-state index contributed by atoms with van der Waals surface area (Å²) in [5.74, 6) is 1.02. The van der Waals surface area contributed by atoms with E-state index >= 15 is 0 Å². The van der Waals surface area contributed by atoms with Crippen LogP contribution in [0.5, 0.6) is 0 Å². The predicted molar refractivity (Wildman–Crippen MR) is 118 cm³/mol. The molecule has 0 saturated carbocycles. The summed E-state index contributed by atoms with van der Waals surface area (Å²) in [7, 11) is 0. The highest BCUT2D eigenvalue weighted by Gasteiger charge is 2.19. The Kier molecular flexibility index (Phi) is 4.65. The third-order valence-corrected chi connectivity index (χ3v) is 5.89. The molecule has 0 aliphatic heterocycles. The van der Waals surface area contributed by atoms with Crippen molar-refractivity contribution in [1.82, 2.24) is 14.8 Å². The average molecular weight is 414 g/mol. The summed E-state index contributed by atoms with van der Waals surface area (Å²) in [6.07, 6.45) is 3.28. The van der Waals surface area contributed by atoms with Crippen LogP contribution in [0.3, 0.4) is 0 Å². The number of anilines is 1. The van der Waals surface area contributed by atoms with Crippen LogP contribution in [0.1, 0.15) is 20.9 Å². The molecule has 30 heavy (non-hydrogen) atoms. The second kappa shape index (κ2) is 7.61. The van der Waals surface area contributed by atoms with Crippen molar-refractivity contribution in [2.75, 3.05) is 5.32 Å². The molecule has 0 fully saturated rings. The van der Waals surface area contributed by atoms with Gasteiger partial charge in [0.2, 0.25) is 0 Å². The minimum atomic E-state index is -0.263. The second-order valence-corrected chi connectivity index (χ2v) is 8.07. The van der Waals surface area contributed by atoms with Gasteiger partial charge in [-0.1, -0.05) is 42.5 Å². The number of aryl methyl sites for hydroxylation is 1. The number of hydrogen-bond acceptors (Lipinski definition) is 5. The van der Waals surface area contributed by atoms with Gasteiger partial charge in [0.1, 0.15) is 11.5 Å².